The Kier molecular flexibility index (Phi) is 3.30. The highest BCUT2D eigenvalue weighted by Crippen LogP contribution is 2.33. The van der Waals surface area contributed by atoms with Crippen molar-refractivity contribution >= 4 is 28.7 Å². The number of likely N-dealkylation sites (N-methyl/N-ethyl adjacent to an activating group) is 1. The van der Waals surface area contributed by atoms with E-state index in [4.69, 9.17) is 16.0 Å². The van der Waals surface area contributed by atoms with Gasteiger partial charge in [-0.25, -0.2) is 8.78 Å². The number of nitrogens with one attached hydrogen (secondary N) is 1. The quantitative estimate of drug-likeness (QED) is 0.945. The minimum atomic E-state index is -2.68. The van der Waals surface area contributed by atoms with Gasteiger partial charge in [-0.15, -0.1) is 0 Å². The number of hydrogen-bond donors (Lipinski definition) is 1. The van der Waals surface area contributed by atoms with E-state index in [2.05, 4.69) is 10.3 Å². The van der Waals surface area contributed by atoms with Gasteiger partial charge in [-0.2, -0.15) is 4.98 Å². The number of rotatable bonds is 3. The number of aromatic nitrogens is 1. The molecule has 0 aliphatic carbocycles. The fraction of sp³-hybridized carbons (Fsp3) is 0.462. The first-order valence-electron chi connectivity index (χ1n) is 6.34. The molecule has 7 heteroatoms. The molecule has 1 aromatic heterocycles. The molecule has 2 heterocycles. The molecule has 2 aromatic rings. The van der Waals surface area contributed by atoms with Crippen molar-refractivity contribution in [2.75, 3.05) is 25.5 Å². The summed E-state index contributed by atoms with van der Waals surface area (Å²) in [5.41, 5.74) is 1.18. The summed E-state index contributed by atoms with van der Waals surface area (Å²) < 4.78 is 32.8. The molecular formula is C13H14ClF2N3O. The fourth-order valence-corrected chi connectivity index (χ4v) is 2.60. The summed E-state index contributed by atoms with van der Waals surface area (Å²) in [5.74, 6) is -2.68. The predicted octanol–water partition coefficient (Wildman–Crippen LogP) is 3.23. The second-order valence-corrected chi connectivity index (χ2v) is 5.46. The molecular weight excluding hydrogens is 288 g/mol. The first-order chi connectivity index (χ1) is 9.45. The standard InChI is InChI=1S/C13H14ClF2N3O/c1-19-5-4-13(15,16)11(19)7-17-12-18-9-3-2-8(14)6-10(9)20-12/h2-3,6,11H,4-5,7H2,1H3,(H,17,18). The van der Waals surface area contributed by atoms with Crippen LogP contribution in [0.4, 0.5) is 14.8 Å². The molecule has 20 heavy (non-hydrogen) atoms. The SMILES string of the molecule is CN1CCC(F)(F)C1CNc1nc2ccc(Cl)cc2o1. The van der Waals surface area contributed by atoms with E-state index in [-0.39, 0.29) is 19.0 Å². The number of alkyl halides is 2. The van der Waals surface area contributed by atoms with Crippen LogP contribution in [0.3, 0.4) is 0 Å². The second kappa shape index (κ2) is 4.86. The van der Waals surface area contributed by atoms with Gasteiger partial charge in [0.2, 0.25) is 0 Å². The third-order valence-corrected chi connectivity index (χ3v) is 3.85. The van der Waals surface area contributed by atoms with E-state index in [0.29, 0.717) is 22.7 Å². The molecule has 3 rings (SSSR count). The highest BCUT2D eigenvalue weighted by Gasteiger charge is 2.47. The lowest BCUT2D eigenvalue weighted by molar-refractivity contribution is -0.0240. The average molecular weight is 302 g/mol. The van der Waals surface area contributed by atoms with Gasteiger partial charge in [-0.1, -0.05) is 11.6 Å². The van der Waals surface area contributed by atoms with Crippen LogP contribution in [0.5, 0.6) is 0 Å². The van der Waals surface area contributed by atoms with Crippen LogP contribution in [0.1, 0.15) is 6.42 Å². The lowest BCUT2D eigenvalue weighted by atomic mass is 10.1. The molecule has 1 aliphatic rings. The summed E-state index contributed by atoms with van der Waals surface area (Å²) in [6, 6.07) is 4.46. The Balaban J connectivity index is 1.73. The number of anilines is 1. The maximum Gasteiger partial charge on any atom is 0.295 e. The van der Waals surface area contributed by atoms with Crippen LogP contribution in [-0.4, -0.2) is 42.0 Å². The molecule has 0 radical (unpaired) electrons. The molecule has 0 spiro atoms. The topological polar surface area (TPSA) is 41.3 Å². The van der Waals surface area contributed by atoms with Crippen LogP contribution in [0.2, 0.25) is 5.02 Å². The predicted molar refractivity (Wildman–Crippen MR) is 73.5 cm³/mol. The second-order valence-electron chi connectivity index (χ2n) is 5.02. The molecule has 0 amide bonds. The third kappa shape index (κ3) is 2.45. The Labute approximate surface area is 119 Å². The monoisotopic (exact) mass is 301 g/mol. The number of oxazole rings is 1. The van der Waals surface area contributed by atoms with Gasteiger partial charge in [0.15, 0.2) is 5.58 Å². The maximum atomic E-state index is 13.7. The highest BCUT2D eigenvalue weighted by atomic mass is 35.5. The molecule has 1 aromatic carbocycles. The molecule has 108 valence electrons. The summed E-state index contributed by atoms with van der Waals surface area (Å²) in [6.07, 6.45) is -0.112. The van der Waals surface area contributed by atoms with E-state index in [0.717, 1.165) is 0 Å². The Bertz CT molecular complexity index is 631. The minimum absolute atomic E-state index is 0.0874. The smallest absolute Gasteiger partial charge is 0.295 e. The van der Waals surface area contributed by atoms with Crippen LogP contribution in [-0.2, 0) is 0 Å². The number of benzene rings is 1. The van der Waals surface area contributed by atoms with E-state index in [1.807, 2.05) is 0 Å². The average Bonchev–Trinajstić information content (AvgIpc) is 2.88. The number of likely N-dealkylation sites (tertiary alicyclic amines) is 1. The summed E-state index contributed by atoms with van der Waals surface area (Å²) >= 11 is 5.85. The lowest BCUT2D eigenvalue weighted by Crippen LogP contribution is -2.42. The van der Waals surface area contributed by atoms with Gasteiger partial charge in [0.25, 0.3) is 11.9 Å². The van der Waals surface area contributed by atoms with E-state index in [1.165, 1.54) is 0 Å². The van der Waals surface area contributed by atoms with Crippen LogP contribution < -0.4 is 5.32 Å². The number of halogens is 3. The van der Waals surface area contributed by atoms with Crippen LogP contribution in [0, 0.1) is 0 Å². The number of hydrogen-bond acceptors (Lipinski definition) is 4. The first-order valence-corrected chi connectivity index (χ1v) is 6.71. The molecule has 1 saturated heterocycles. The molecule has 1 unspecified atom stereocenters. The van der Waals surface area contributed by atoms with Crippen LogP contribution in [0.15, 0.2) is 22.6 Å². The third-order valence-electron chi connectivity index (χ3n) is 3.61. The highest BCUT2D eigenvalue weighted by molar-refractivity contribution is 6.31. The zero-order valence-corrected chi connectivity index (χ0v) is 11.6. The molecule has 1 aliphatic heterocycles. The molecule has 0 bridgehead atoms. The van der Waals surface area contributed by atoms with Gasteiger partial charge in [0, 0.05) is 30.6 Å². The molecule has 1 fully saturated rings. The van der Waals surface area contributed by atoms with E-state index < -0.39 is 12.0 Å². The summed E-state index contributed by atoms with van der Waals surface area (Å²) in [6.45, 7) is 0.479. The molecule has 4 nitrogen and oxygen atoms in total. The summed E-state index contributed by atoms with van der Waals surface area (Å²) in [7, 11) is 1.69. The normalized spacial score (nSPS) is 22.5. The van der Waals surface area contributed by atoms with E-state index >= 15 is 0 Å². The van der Waals surface area contributed by atoms with Crippen molar-refractivity contribution in [2.45, 2.75) is 18.4 Å². The van der Waals surface area contributed by atoms with Gasteiger partial charge in [-0.05, 0) is 19.2 Å². The van der Waals surface area contributed by atoms with Crippen molar-refractivity contribution in [1.82, 2.24) is 9.88 Å². The lowest BCUT2D eigenvalue weighted by Gasteiger charge is -2.24. The zero-order valence-electron chi connectivity index (χ0n) is 10.9. The van der Waals surface area contributed by atoms with Crippen molar-refractivity contribution in [2.24, 2.45) is 0 Å². The van der Waals surface area contributed by atoms with Crippen LogP contribution in [0.25, 0.3) is 11.1 Å². The minimum Gasteiger partial charge on any atom is -0.424 e. The van der Waals surface area contributed by atoms with Gasteiger partial charge in [0.1, 0.15) is 5.52 Å². The summed E-state index contributed by atoms with van der Waals surface area (Å²) in [4.78, 5) is 5.83. The van der Waals surface area contributed by atoms with Crippen LogP contribution >= 0.6 is 11.6 Å². The zero-order chi connectivity index (χ0) is 14.3. The molecule has 1 atom stereocenters. The van der Waals surface area contributed by atoms with Crippen molar-refractivity contribution in [3.8, 4) is 0 Å². The Morgan fingerprint density at radius 3 is 3.05 bits per heavy atom. The van der Waals surface area contributed by atoms with Gasteiger partial charge in [-0.3, -0.25) is 4.90 Å². The number of nitrogens with zero attached hydrogens (tertiary/aromatic N) is 2. The fourth-order valence-electron chi connectivity index (χ4n) is 2.43. The van der Waals surface area contributed by atoms with Gasteiger partial charge >= 0.3 is 0 Å². The summed E-state index contributed by atoms with van der Waals surface area (Å²) in [5, 5.41) is 3.38. The van der Waals surface area contributed by atoms with Crippen molar-refractivity contribution in [3.05, 3.63) is 23.2 Å². The van der Waals surface area contributed by atoms with Crippen molar-refractivity contribution < 1.29 is 13.2 Å². The van der Waals surface area contributed by atoms with Gasteiger partial charge < -0.3 is 9.73 Å². The van der Waals surface area contributed by atoms with Gasteiger partial charge in [0.05, 0.1) is 6.04 Å². The Morgan fingerprint density at radius 2 is 2.35 bits per heavy atom. The van der Waals surface area contributed by atoms with Crippen molar-refractivity contribution in [1.29, 1.82) is 0 Å². The number of fused-ring (bicyclic) bond motifs is 1. The Morgan fingerprint density at radius 1 is 1.55 bits per heavy atom. The molecule has 0 saturated carbocycles. The van der Waals surface area contributed by atoms with E-state index in [9.17, 15) is 8.78 Å². The van der Waals surface area contributed by atoms with Crippen molar-refractivity contribution in [3.63, 3.8) is 0 Å². The largest absolute Gasteiger partial charge is 0.424 e. The first kappa shape index (κ1) is 13.6. The maximum absolute atomic E-state index is 13.7. The Hall–Kier alpha value is -1.40. The molecule has 1 N–H and O–H groups in total. The van der Waals surface area contributed by atoms with E-state index in [1.54, 1.807) is 30.1 Å².